The summed E-state index contributed by atoms with van der Waals surface area (Å²) >= 11 is 0. The zero-order valence-corrected chi connectivity index (χ0v) is 32.3. The quantitative estimate of drug-likeness (QED) is 0.166. The van der Waals surface area contributed by atoms with Gasteiger partial charge in [0.25, 0.3) is 0 Å². The van der Waals surface area contributed by atoms with E-state index >= 15 is 0 Å². The van der Waals surface area contributed by atoms with Crippen molar-refractivity contribution in [3.8, 4) is 44.8 Å². The summed E-state index contributed by atoms with van der Waals surface area (Å²) in [7, 11) is 0. The molecule has 1 radical (unpaired) electrons. The molecule has 0 atom stereocenters. The van der Waals surface area contributed by atoms with E-state index in [4.69, 9.17) is 0 Å². The molecule has 0 unspecified atom stereocenters. The van der Waals surface area contributed by atoms with Crippen LogP contribution >= 0.6 is 0 Å². The molecular weight excluding hydrogens is 787 g/mol. The van der Waals surface area contributed by atoms with E-state index in [9.17, 15) is 0 Å². The number of hydrogen-bond donors (Lipinski definition) is 0. The fourth-order valence-corrected chi connectivity index (χ4v) is 6.08. The average molecular weight is 830 g/mol. The Morgan fingerprint density at radius 1 is 0.540 bits per heavy atom. The minimum absolute atomic E-state index is 0. The third-order valence-electron chi connectivity index (χ3n) is 8.76. The van der Waals surface area contributed by atoms with Crippen molar-refractivity contribution in [2.24, 2.45) is 0 Å². The van der Waals surface area contributed by atoms with Gasteiger partial charge in [0, 0.05) is 50.3 Å². The molecule has 3 aromatic heterocycles. The molecule has 0 amide bonds. The molecule has 0 aliphatic rings. The second-order valence-corrected chi connectivity index (χ2v) is 14.5. The minimum atomic E-state index is 0. The van der Waals surface area contributed by atoms with Crippen LogP contribution in [0.15, 0.2) is 134 Å². The van der Waals surface area contributed by atoms with Crippen molar-refractivity contribution in [2.75, 3.05) is 0 Å². The number of aryl methyl sites for hydroxylation is 1. The third kappa shape index (κ3) is 8.33. The molecule has 0 fully saturated rings. The number of rotatable bonds is 4. The summed E-state index contributed by atoms with van der Waals surface area (Å²) in [5.74, 6) is 0. The minimum Gasteiger partial charge on any atom is -0.305 e. The van der Waals surface area contributed by atoms with Crippen LogP contribution in [0.25, 0.3) is 55.5 Å². The molecule has 7 rings (SSSR count). The van der Waals surface area contributed by atoms with E-state index < -0.39 is 0 Å². The van der Waals surface area contributed by atoms with E-state index in [0.717, 1.165) is 39.0 Å². The molecule has 3 heterocycles. The van der Waals surface area contributed by atoms with Gasteiger partial charge in [-0.05, 0) is 80.5 Å². The Morgan fingerprint density at radius 3 is 1.98 bits per heavy atom. The standard InChI is InChI=1S/C34H33N2.C12H10N.Ir/c1-33(2,3)25-13-14-29(31(21-25)34(4,5)6)27-16-15-26(30-22-35-19-17-28(27)30)23-10-9-11-24(20-23)32-12-7-8-18-36-32;1-10-7-8-13-12(9-10)11-5-3-2-4-6-11;/h7-10,12-22H,1-6H3;2-5,7-9H,1H3;/q2*-1;. The van der Waals surface area contributed by atoms with Crippen molar-refractivity contribution < 1.29 is 20.1 Å². The van der Waals surface area contributed by atoms with Gasteiger partial charge in [0.15, 0.2) is 0 Å². The summed E-state index contributed by atoms with van der Waals surface area (Å²) in [5, 5.41) is 2.36. The predicted molar refractivity (Wildman–Crippen MR) is 205 cm³/mol. The molecule has 0 saturated carbocycles. The van der Waals surface area contributed by atoms with Crippen molar-refractivity contribution in [1.29, 1.82) is 0 Å². The number of pyridine rings is 3. The molecule has 0 spiro atoms. The summed E-state index contributed by atoms with van der Waals surface area (Å²) < 4.78 is 0. The smallest absolute Gasteiger partial charge is 0.0352 e. The van der Waals surface area contributed by atoms with Crippen LogP contribution in [0.4, 0.5) is 0 Å². The second-order valence-electron chi connectivity index (χ2n) is 14.5. The van der Waals surface area contributed by atoms with Crippen LogP contribution in [-0.2, 0) is 30.9 Å². The van der Waals surface area contributed by atoms with Gasteiger partial charge in [-0.15, -0.1) is 71.3 Å². The van der Waals surface area contributed by atoms with Crippen LogP contribution in [-0.4, -0.2) is 15.0 Å². The molecule has 0 bridgehead atoms. The maximum atomic E-state index is 4.51. The largest absolute Gasteiger partial charge is 0.305 e. The van der Waals surface area contributed by atoms with Gasteiger partial charge in [-0.3, -0.25) is 4.98 Å². The van der Waals surface area contributed by atoms with E-state index in [1.807, 2.05) is 79.4 Å². The van der Waals surface area contributed by atoms with E-state index in [-0.39, 0.29) is 30.9 Å². The first-order valence-electron chi connectivity index (χ1n) is 16.8. The first-order chi connectivity index (χ1) is 23.5. The van der Waals surface area contributed by atoms with Crippen LogP contribution in [0.3, 0.4) is 0 Å². The van der Waals surface area contributed by atoms with Crippen LogP contribution in [0.1, 0.15) is 58.2 Å². The number of aromatic nitrogens is 3. The molecule has 253 valence electrons. The van der Waals surface area contributed by atoms with E-state index in [1.54, 1.807) is 0 Å². The number of fused-ring (bicyclic) bond motifs is 1. The summed E-state index contributed by atoms with van der Waals surface area (Å²) in [6.45, 7) is 15.8. The van der Waals surface area contributed by atoms with Gasteiger partial charge in [0.05, 0.1) is 0 Å². The predicted octanol–water partition coefficient (Wildman–Crippen LogP) is 11.9. The van der Waals surface area contributed by atoms with Crippen molar-refractivity contribution in [1.82, 2.24) is 15.0 Å². The molecule has 4 heteroatoms. The number of benzene rings is 4. The van der Waals surface area contributed by atoms with Crippen molar-refractivity contribution in [3.63, 3.8) is 0 Å². The van der Waals surface area contributed by atoms with Crippen LogP contribution in [0.2, 0.25) is 0 Å². The molecule has 4 aromatic carbocycles. The molecule has 0 saturated heterocycles. The van der Waals surface area contributed by atoms with Gasteiger partial charge in [0.2, 0.25) is 0 Å². The Balaban J connectivity index is 0.000000291. The summed E-state index contributed by atoms with van der Waals surface area (Å²) in [4.78, 5) is 13.3. The van der Waals surface area contributed by atoms with Crippen LogP contribution in [0, 0.1) is 19.1 Å². The fourth-order valence-electron chi connectivity index (χ4n) is 6.08. The van der Waals surface area contributed by atoms with Crippen molar-refractivity contribution in [3.05, 3.63) is 163 Å². The maximum Gasteiger partial charge on any atom is 0.0352 e. The third-order valence-corrected chi connectivity index (χ3v) is 8.76. The zero-order chi connectivity index (χ0) is 34.6. The van der Waals surface area contributed by atoms with Gasteiger partial charge in [-0.25, -0.2) is 0 Å². The topological polar surface area (TPSA) is 38.7 Å². The monoisotopic (exact) mass is 830 g/mol. The van der Waals surface area contributed by atoms with Gasteiger partial charge in [-0.2, -0.15) is 0 Å². The van der Waals surface area contributed by atoms with Crippen molar-refractivity contribution >= 4 is 10.8 Å². The molecule has 0 N–H and O–H groups in total. The first kappa shape index (κ1) is 36.5. The van der Waals surface area contributed by atoms with Gasteiger partial charge < -0.3 is 9.97 Å². The van der Waals surface area contributed by atoms with E-state index in [0.29, 0.717) is 0 Å². The Bertz CT molecular complexity index is 2190. The molecule has 50 heavy (non-hydrogen) atoms. The van der Waals surface area contributed by atoms with Gasteiger partial charge in [-0.1, -0.05) is 95.6 Å². The normalized spacial score (nSPS) is 11.3. The van der Waals surface area contributed by atoms with E-state index in [2.05, 4.69) is 130 Å². The zero-order valence-electron chi connectivity index (χ0n) is 29.9. The van der Waals surface area contributed by atoms with Gasteiger partial charge in [0.1, 0.15) is 0 Å². The van der Waals surface area contributed by atoms with Crippen LogP contribution < -0.4 is 0 Å². The molecule has 3 nitrogen and oxygen atoms in total. The summed E-state index contributed by atoms with van der Waals surface area (Å²) in [6, 6.07) is 44.3. The molecule has 7 aromatic rings. The number of nitrogens with zero attached hydrogens (tertiary/aromatic N) is 3. The Kier molecular flexibility index (Phi) is 11.3. The summed E-state index contributed by atoms with van der Waals surface area (Å²) in [6.07, 6.45) is 7.53. The first-order valence-corrected chi connectivity index (χ1v) is 16.8. The molecule has 0 aliphatic heterocycles. The Labute approximate surface area is 311 Å². The molecule has 0 aliphatic carbocycles. The average Bonchev–Trinajstić information content (AvgIpc) is 3.11. The van der Waals surface area contributed by atoms with Crippen LogP contribution in [0.5, 0.6) is 0 Å². The van der Waals surface area contributed by atoms with E-state index in [1.165, 1.54) is 33.2 Å². The Morgan fingerprint density at radius 2 is 1.28 bits per heavy atom. The van der Waals surface area contributed by atoms with Gasteiger partial charge >= 0.3 is 0 Å². The Hall–Kier alpha value is -4.76. The summed E-state index contributed by atoms with van der Waals surface area (Å²) in [5.41, 5.74) is 12.8. The number of hydrogen-bond acceptors (Lipinski definition) is 3. The SMILES string of the molecule is CC(C)(C)c1ccc(-c2ccc(-c3cc[c-]c(-c4ccccn4)c3)c3cnccc23)c(C(C)(C)C)c1.Cc1ccnc(-c2[c-]cccc2)c1.[Ir]. The molecular formula is C46H43IrN3-2. The van der Waals surface area contributed by atoms with Crippen molar-refractivity contribution in [2.45, 2.75) is 59.3 Å². The fraction of sp³-hybridized carbons (Fsp3) is 0.196. The second kappa shape index (κ2) is 15.4. The maximum absolute atomic E-state index is 4.51.